The predicted molar refractivity (Wildman–Crippen MR) is 67.4 cm³/mol. The standard InChI is InChI=1S/C13H23NS/c1-14-10-6-2-4-8-12(10)15-13-9-5-3-7-11(13)14/h10-13H,2-9H2,1H3/t10-,11-,12-,13+/m1/s1. The van der Waals surface area contributed by atoms with E-state index < -0.39 is 0 Å². The number of fused-ring (bicyclic) bond motifs is 2. The third kappa shape index (κ3) is 1.84. The van der Waals surface area contributed by atoms with Gasteiger partial charge in [-0.25, -0.2) is 0 Å². The van der Waals surface area contributed by atoms with Crippen LogP contribution in [0.2, 0.25) is 0 Å². The van der Waals surface area contributed by atoms with Crippen LogP contribution in [-0.2, 0) is 0 Å². The van der Waals surface area contributed by atoms with E-state index in [9.17, 15) is 0 Å². The third-order valence-corrected chi connectivity index (χ3v) is 6.53. The Morgan fingerprint density at radius 3 is 1.80 bits per heavy atom. The number of rotatable bonds is 0. The lowest BCUT2D eigenvalue weighted by Gasteiger charge is -2.51. The molecule has 0 bridgehead atoms. The Bertz CT molecular complexity index is 209. The van der Waals surface area contributed by atoms with Gasteiger partial charge in [0.15, 0.2) is 0 Å². The van der Waals surface area contributed by atoms with Gasteiger partial charge in [-0.1, -0.05) is 25.7 Å². The lowest BCUT2D eigenvalue weighted by Crippen LogP contribution is -2.56. The van der Waals surface area contributed by atoms with Gasteiger partial charge in [0.05, 0.1) is 0 Å². The Labute approximate surface area is 98.0 Å². The molecule has 3 fully saturated rings. The molecule has 0 radical (unpaired) electrons. The smallest absolute Gasteiger partial charge is 0.0215 e. The van der Waals surface area contributed by atoms with Crippen molar-refractivity contribution in [1.82, 2.24) is 4.90 Å². The molecule has 86 valence electrons. The van der Waals surface area contributed by atoms with Crippen LogP contribution in [0.4, 0.5) is 0 Å². The van der Waals surface area contributed by atoms with Gasteiger partial charge in [0, 0.05) is 22.6 Å². The normalized spacial score (nSPS) is 47.0. The number of thioether (sulfide) groups is 1. The van der Waals surface area contributed by atoms with Crippen molar-refractivity contribution in [3.63, 3.8) is 0 Å². The van der Waals surface area contributed by atoms with Gasteiger partial charge < -0.3 is 0 Å². The molecular formula is C13H23NS. The third-order valence-electron chi connectivity index (χ3n) is 4.73. The van der Waals surface area contributed by atoms with Crippen LogP contribution in [0.15, 0.2) is 0 Å². The summed E-state index contributed by atoms with van der Waals surface area (Å²) in [6, 6.07) is 1.84. The van der Waals surface area contributed by atoms with E-state index in [2.05, 4.69) is 23.7 Å². The number of hydrogen-bond acceptors (Lipinski definition) is 2. The SMILES string of the molecule is CN1[C@@H]2CCCC[C@@H]2S[C@@H]2CCCC[C@H]21. The van der Waals surface area contributed by atoms with Gasteiger partial charge in [0.1, 0.15) is 0 Å². The van der Waals surface area contributed by atoms with Gasteiger partial charge in [0.25, 0.3) is 0 Å². The first kappa shape index (κ1) is 10.5. The molecule has 2 heteroatoms. The molecule has 0 unspecified atom stereocenters. The fraction of sp³-hybridized carbons (Fsp3) is 1.00. The quantitative estimate of drug-likeness (QED) is 0.622. The van der Waals surface area contributed by atoms with Crippen molar-refractivity contribution in [2.45, 2.75) is 74.0 Å². The molecule has 1 saturated heterocycles. The summed E-state index contributed by atoms with van der Waals surface area (Å²) < 4.78 is 0. The van der Waals surface area contributed by atoms with Crippen molar-refractivity contribution in [1.29, 1.82) is 0 Å². The second-order valence-corrected chi connectivity index (χ2v) is 7.07. The maximum atomic E-state index is 2.77. The molecule has 0 spiro atoms. The highest BCUT2D eigenvalue weighted by atomic mass is 32.2. The molecule has 0 aromatic heterocycles. The van der Waals surface area contributed by atoms with Crippen LogP contribution in [0.1, 0.15) is 51.4 Å². The van der Waals surface area contributed by atoms with Crippen LogP contribution in [0.3, 0.4) is 0 Å². The Balaban J connectivity index is 1.76. The Morgan fingerprint density at radius 2 is 1.27 bits per heavy atom. The van der Waals surface area contributed by atoms with Gasteiger partial charge in [-0.3, -0.25) is 4.90 Å². The van der Waals surface area contributed by atoms with Crippen LogP contribution in [0, 0.1) is 0 Å². The highest BCUT2D eigenvalue weighted by Gasteiger charge is 2.42. The second-order valence-electron chi connectivity index (χ2n) is 5.58. The van der Waals surface area contributed by atoms with E-state index in [1.54, 1.807) is 0 Å². The minimum Gasteiger partial charge on any atom is -0.298 e. The summed E-state index contributed by atoms with van der Waals surface area (Å²) in [5.74, 6) is 0. The van der Waals surface area contributed by atoms with Gasteiger partial charge in [-0.05, 0) is 32.7 Å². The Morgan fingerprint density at radius 1 is 0.800 bits per heavy atom. The zero-order valence-electron chi connectivity index (χ0n) is 9.82. The van der Waals surface area contributed by atoms with E-state index in [0.29, 0.717) is 0 Å². The van der Waals surface area contributed by atoms with Crippen LogP contribution < -0.4 is 0 Å². The van der Waals surface area contributed by atoms with Crippen molar-refractivity contribution in [2.75, 3.05) is 7.05 Å². The van der Waals surface area contributed by atoms with Crippen LogP contribution in [0.5, 0.6) is 0 Å². The van der Waals surface area contributed by atoms with Gasteiger partial charge in [-0.2, -0.15) is 11.8 Å². The van der Waals surface area contributed by atoms with Crippen molar-refractivity contribution < 1.29 is 0 Å². The fourth-order valence-electron chi connectivity index (χ4n) is 3.87. The molecule has 3 aliphatic rings. The van der Waals surface area contributed by atoms with E-state index in [4.69, 9.17) is 0 Å². The molecule has 15 heavy (non-hydrogen) atoms. The molecular weight excluding hydrogens is 202 g/mol. The van der Waals surface area contributed by atoms with Crippen LogP contribution in [0.25, 0.3) is 0 Å². The molecule has 0 amide bonds. The summed E-state index contributed by atoms with van der Waals surface area (Å²) in [5, 5.41) is 1.95. The highest BCUT2D eigenvalue weighted by molar-refractivity contribution is 8.00. The topological polar surface area (TPSA) is 3.24 Å². The summed E-state index contributed by atoms with van der Waals surface area (Å²) in [6.45, 7) is 0. The molecule has 2 saturated carbocycles. The Hall–Kier alpha value is 0.310. The molecule has 0 N–H and O–H groups in total. The lowest BCUT2D eigenvalue weighted by atomic mass is 9.88. The molecule has 0 aromatic carbocycles. The fourth-order valence-corrected chi connectivity index (χ4v) is 5.95. The molecule has 2 aliphatic carbocycles. The molecule has 4 atom stereocenters. The summed E-state index contributed by atoms with van der Waals surface area (Å²) in [7, 11) is 2.41. The summed E-state index contributed by atoms with van der Waals surface area (Å²) in [4.78, 5) is 2.77. The van der Waals surface area contributed by atoms with E-state index in [0.717, 1.165) is 22.6 Å². The molecule has 3 rings (SSSR count). The highest BCUT2D eigenvalue weighted by Crippen LogP contribution is 2.45. The number of hydrogen-bond donors (Lipinski definition) is 0. The second kappa shape index (κ2) is 4.29. The lowest BCUT2D eigenvalue weighted by molar-refractivity contribution is 0.107. The first-order valence-electron chi connectivity index (χ1n) is 6.73. The Kier molecular flexibility index (Phi) is 2.99. The van der Waals surface area contributed by atoms with Gasteiger partial charge >= 0.3 is 0 Å². The molecule has 0 aromatic rings. The average Bonchev–Trinajstić information content (AvgIpc) is 2.30. The van der Waals surface area contributed by atoms with E-state index >= 15 is 0 Å². The van der Waals surface area contributed by atoms with Crippen molar-refractivity contribution in [2.24, 2.45) is 0 Å². The van der Waals surface area contributed by atoms with Gasteiger partial charge in [-0.15, -0.1) is 0 Å². The minimum absolute atomic E-state index is 0.920. The molecule has 1 aliphatic heterocycles. The van der Waals surface area contributed by atoms with Crippen LogP contribution >= 0.6 is 11.8 Å². The summed E-state index contributed by atoms with van der Waals surface area (Å²) in [5.41, 5.74) is 0. The zero-order chi connectivity index (χ0) is 10.3. The van der Waals surface area contributed by atoms with E-state index in [-0.39, 0.29) is 0 Å². The number of nitrogens with zero attached hydrogens (tertiary/aromatic N) is 1. The molecule has 1 nitrogen and oxygen atoms in total. The van der Waals surface area contributed by atoms with Crippen molar-refractivity contribution in [3.05, 3.63) is 0 Å². The average molecular weight is 225 g/mol. The first-order chi connectivity index (χ1) is 7.36. The van der Waals surface area contributed by atoms with E-state index in [1.165, 1.54) is 51.4 Å². The zero-order valence-corrected chi connectivity index (χ0v) is 10.6. The van der Waals surface area contributed by atoms with Crippen molar-refractivity contribution >= 4 is 11.8 Å². The maximum Gasteiger partial charge on any atom is 0.0215 e. The predicted octanol–water partition coefficient (Wildman–Crippen LogP) is 3.29. The summed E-state index contributed by atoms with van der Waals surface area (Å²) in [6.07, 6.45) is 11.8. The van der Waals surface area contributed by atoms with Crippen molar-refractivity contribution in [3.8, 4) is 0 Å². The summed E-state index contributed by atoms with van der Waals surface area (Å²) >= 11 is 2.36. The first-order valence-corrected chi connectivity index (χ1v) is 7.68. The van der Waals surface area contributed by atoms with Crippen LogP contribution in [-0.4, -0.2) is 34.5 Å². The molecule has 1 heterocycles. The minimum atomic E-state index is 0.920. The largest absolute Gasteiger partial charge is 0.298 e. The van der Waals surface area contributed by atoms with E-state index in [1.807, 2.05) is 0 Å². The maximum absolute atomic E-state index is 2.77. The monoisotopic (exact) mass is 225 g/mol. The van der Waals surface area contributed by atoms with Gasteiger partial charge in [0.2, 0.25) is 0 Å².